The van der Waals surface area contributed by atoms with Crippen molar-refractivity contribution in [3.05, 3.63) is 70.7 Å². The molecule has 156 valence electrons. The maximum Gasteiger partial charge on any atom is 0.420 e. The minimum atomic E-state index is -0.500. The van der Waals surface area contributed by atoms with Crippen molar-refractivity contribution in [3.8, 4) is 0 Å². The zero-order chi connectivity index (χ0) is 20.7. The first-order valence-corrected chi connectivity index (χ1v) is 10.3. The lowest BCUT2D eigenvalue weighted by atomic mass is 9.89. The number of nitrogens with zero attached hydrogens (tertiary/aromatic N) is 3. The number of hydrogen-bond donors (Lipinski definition) is 0. The van der Waals surface area contributed by atoms with E-state index in [1.807, 2.05) is 12.1 Å². The summed E-state index contributed by atoms with van der Waals surface area (Å²) in [6.45, 7) is 2.70. The Labute approximate surface area is 174 Å². The van der Waals surface area contributed by atoms with Crippen LogP contribution in [0.1, 0.15) is 12.0 Å². The molecule has 3 aromatic rings. The Hall–Kier alpha value is -2.90. The van der Waals surface area contributed by atoms with Crippen LogP contribution in [0.4, 0.5) is 0 Å². The predicted octanol–water partition coefficient (Wildman–Crippen LogP) is 2.10. The molecule has 2 aliphatic heterocycles. The van der Waals surface area contributed by atoms with Crippen LogP contribution in [0.25, 0.3) is 11.1 Å². The van der Waals surface area contributed by atoms with E-state index >= 15 is 0 Å². The molecule has 1 atom stereocenters. The fraction of sp³-hybridized carbons (Fsp3) is 0.391. The van der Waals surface area contributed by atoms with Gasteiger partial charge in [-0.15, -0.1) is 0 Å². The molecule has 1 spiro atoms. The van der Waals surface area contributed by atoms with Gasteiger partial charge in [-0.05, 0) is 31.2 Å². The number of para-hydroxylation sites is 2. The number of aromatic nitrogens is 1. The third-order valence-electron chi connectivity index (χ3n) is 6.27. The molecule has 7 heteroatoms. The largest absolute Gasteiger partial charge is 0.420 e. The van der Waals surface area contributed by atoms with Crippen LogP contribution in [-0.2, 0) is 22.6 Å². The van der Waals surface area contributed by atoms with Crippen LogP contribution < -0.4 is 5.76 Å². The lowest BCUT2D eigenvalue weighted by Crippen LogP contribution is -2.64. The minimum absolute atomic E-state index is 0.0106. The van der Waals surface area contributed by atoms with Crippen LogP contribution >= 0.6 is 0 Å². The highest BCUT2D eigenvalue weighted by Gasteiger charge is 2.51. The van der Waals surface area contributed by atoms with Crippen molar-refractivity contribution in [2.45, 2.75) is 31.2 Å². The maximum absolute atomic E-state index is 12.7. The molecule has 1 aromatic heterocycles. The Kier molecular flexibility index (Phi) is 4.72. The van der Waals surface area contributed by atoms with Gasteiger partial charge in [0.1, 0.15) is 12.1 Å². The van der Waals surface area contributed by atoms with E-state index in [1.54, 1.807) is 23.1 Å². The summed E-state index contributed by atoms with van der Waals surface area (Å²) in [7, 11) is 2.12. The van der Waals surface area contributed by atoms with Crippen LogP contribution in [0.15, 0.2) is 63.8 Å². The van der Waals surface area contributed by atoms with Crippen molar-refractivity contribution in [1.82, 2.24) is 14.4 Å². The van der Waals surface area contributed by atoms with E-state index in [4.69, 9.17) is 9.15 Å². The van der Waals surface area contributed by atoms with Gasteiger partial charge in [-0.1, -0.05) is 42.5 Å². The summed E-state index contributed by atoms with van der Waals surface area (Å²) in [6, 6.07) is 17.9. The average molecular weight is 407 g/mol. The smallest absolute Gasteiger partial charge is 0.408 e. The number of amides is 1. The number of likely N-dealkylation sites (tertiary alicyclic amines) is 1. The Morgan fingerprint density at radius 2 is 1.87 bits per heavy atom. The molecular formula is C23H25N3O4. The molecule has 2 aliphatic rings. The molecule has 5 rings (SSSR count). The zero-order valence-electron chi connectivity index (χ0n) is 17.0. The Bertz CT molecular complexity index is 1110. The number of carbonyl (C=O) groups excluding carboxylic acids is 1. The lowest BCUT2D eigenvalue weighted by molar-refractivity contribution is -0.158. The molecule has 30 heavy (non-hydrogen) atoms. The van der Waals surface area contributed by atoms with Crippen molar-refractivity contribution in [2.24, 2.45) is 0 Å². The van der Waals surface area contributed by atoms with Gasteiger partial charge in [-0.3, -0.25) is 14.3 Å². The van der Waals surface area contributed by atoms with Crippen molar-refractivity contribution in [2.75, 3.05) is 26.7 Å². The number of oxazole rings is 1. The summed E-state index contributed by atoms with van der Waals surface area (Å²) in [5, 5.41) is 0. The second-order valence-electron chi connectivity index (χ2n) is 8.42. The molecule has 0 radical (unpaired) electrons. The van der Waals surface area contributed by atoms with Crippen LogP contribution in [0.3, 0.4) is 0 Å². The van der Waals surface area contributed by atoms with Crippen molar-refractivity contribution < 1.29 is 13.9 Å². The van der Waals surface area contributed by atoms with Crippen LogP contribution in [0.2, 0.25) is 0 Å². The lowest BCUT2D eigenvalue weighted by Gasteiger charge is -2.47. The molecule has 2 saturated heterocycles. The SMILES string of the molecule is CN(Cc1ccccc1)C1COC2(C1)CN(C(=O)Cn1c(=O)oc3ccccc31)C2. The van der Waals surface area contributed by atoms with Gasteiger partial charge in [0, 0.05) is 12.6 Å². The first-order chi connectivity index (χ1) is 14.5. The second kappa shape index (κ2) is 7.41. The van der Waals surface area contributed by atoms with Gasteiger partial charge in [-0.2, -0.15) is 0 Å². The van der Waals surface area contributed by atoms with E-state index in [1.165, 1.54) is 10.1 Å². The molecule has 1 amide bonds. The Morgan fingerprint density at radius 3 is 2.67 bits per heavy atom. The normalized spacial score (nSPS) is 20.2. The van der Waals surface area contributed by atoms with Gasteiger partial charge in [0.05, 0.1) is 25.2 Å². The monoisotopic (exact) mass is 407 g/mol. The van der Waals surface area contributed by atoms with Gasteiger partial charge in [0.2, 0.25) is 5.91 Å². The summed E-state index contributed by atoms with van der Waals surface area (Å²) in [6.07, 6.45) is 0.911. The molecule has 7 nitrogen and oxygen atoms in total. The number of carbonyl (C=O) groups is 1. The van der Waals surface area contributed by atoms with Gasteiger partial charge < -0.3 is 14.1 Å². The Balaban J connectivity index is 1.18. The summed E-state index contributed by atoms with van der Waals surface area (Å²) in [4.78, 5) is 29.0. The number of fused-ring (bicyclic) bond motifs is 1. The topological polar surface area (TPSA) is 67.9 Å². The van der Waals surface area contributed by atoms with E-state index in [9.17, 15) is 9.59 Å². The molecule has 0 N–H and O–H groups in total. The molecule has 3 heterocycles. The number of rotatable bonds is 5. The molecule has 2 fully saturated rings. The quantitative estimate of drug-likeness (QED) is 0.648. The minimum Gasteiger partial charge on any atom is -0.408 e. The van der Waals surface area contributed by atoms with Gasteiger partial charge in [-0.25, -0.2) is 4.79 Å². The van der Waals surface area contributed by atoms with E-state index in [-0.39, 0.29) is 18.1 Å². The first kappa shape index (κ1) is 19.1. The van der Waals surface area contributed by atoms with Gasteiger partial charge in [0.15, 0.2) is 5.58 Å². The van der Waals surface area contributed by atoms with E-state index < -0.39 is 5.76 Å². The predicted molar refractivity (Wildman–Crippen MR) is 112 cm³/mol. The van der Waals surface area contributed by atoms with Crippen LogP contribution in [0.5, 0.6) is 0 Å². The number of likely N-dealkylation sites (N-methyl/N-ethyl adjacent to an activating group) is 1. The van der Waals surface area contributed by atoms with E-state index in [0.29, 0.717) is 36.8 Å². The third-order valence-corrected chi connectivity index (χ3v) is 6.27. The average Bonchev–Trinajstić information content (AvgIpc) is 3.30. The standard InChI is InChI=1S/C23H25N3O4/c1-24(12-17-7-3-2-4-8-17)18-11-23(29-14-18)15-25(16-23)21(27)13-26-19-9-5-6-10-20(19)30-22(26)28/h2-10,18H,11-16H2,1H3. The van der Waals surface area contributed by atoms with E-state index in [0.717, 1.165) is 13.0 Å². The summed E-state index contributed by atoms with van der Waals surface area (Å²) in [5.74, 6) is -0.585. The second-order valence-corrected chi connectivity index (χ2v) is 8.42. The van der Waals surface area contributed by atoms with Crippen molar-refractivity contribution in [1.29, 1.82) is 0 Å². The molecule has 0 aliphatic carbocycles. The fourth-order valence-electron chi connectivity index (χ4n) is 4.55. The highest BCUT2D eigenvalue weighted by molar-refractivity contribution is 5.80. The van der Waals surface area contributed by atoms with E-state index in [2.05, 4.69) is 36.2 Å². The molecule has 1 unspecified atom stereocenters. The van der Waals surface area contributed by atoms with Crippen LogP contribution in [0, 0.1) is 0 Å². The summed E-state index contributed by atoms with van der Waals surface area (Å²) >= 11 is 0. The number of ether oxygens (including phenoxy) is 1. The summed E-state index contributed by atoms with van der Waals surface area (Å²) in [5.41, 5.74) is 2.17. The Morgan fingerprint density at radius 1 is 1.13 bits per heavy atom. The van der Waals surface area contributed by atoms with Gasteiger partial charge >= 0.3 is 5.76 Å². The maximum atomic E-state index is 12.7. The first-order valence-electron chi connectivity index (χ1n) is 10.3. The highest BCUT2D eigenvalue weighted by atomic mass is 16.5. The molecule has 0 saturated carbocycles. The number of benzene rings is 2. The fourth-order valence-corrected chi connectivity index (χ4v) is 4.55. The molecule has 2 aromatic carbocycles. The van der Waals surface area contributed by atoms with Crippen molar-refractivity contribution in [3.63, 3.8) is 0 Å². The van der Waals surface area contributed by atoms with Gasteiger partial charge in [0.25, 0.3) is 0 Å². The van der Waals surface area contributed by atoms with Crippen LogP contribution in [-0.4, -0.2) is 58.7 Å². The van der Waals surface area contributed by atoms with Crippen molar-refractivity contribution >= 4 is 17.0 Å². The molecular weight excluding hydrogens is 382 g/mol. The summed E-state index contributed by atoms with van der Waals surface area (Å²) < 4.78 is 12.8. The molecule has 0 bridgehead atoms. The third kappa shape index (κ3) is 3.44. The zero-order valence-corrected chi connectivity index (χ0v) is 17.0. The number of hydrogen-bond acceptors (Lipinski definition) is 5. The highest BCUT2D eigenvalue weighted by Crippen LogP contribution is 2.37.